The fourth-order valence-electron chi connectivity index (χ4n) is 3.05. The van der Waals surface area contributed by atoms with Crippen LogP contribution in [0.3, 0.4) is 0 Å². The zero-order valence-corrected chi connectivity index (χ0v) is 18.4. The van der Waals surface area contributed by atoms with Gasteiger partial charge >= 0.3 is 0 Å². The van der Waals surface area contributed by atoms with E-state index < -0.39 is 0 Å². The second-order valence-electron chi connectivity index (χ2n) is 6.98. The van der Waals surface area contributed by atoms with Crippen molar-refractivity contribution < 1.29 is 0 Å². The SMILES string of the molecule is CSc1ccc(CSc2nnc(-c3ccc(C)cc3)n2-c2ccc(C)cc2)cc1. The lowest BCUT2D eigenvalue weighted by atomic mass is 10.1. The van der Waals surface area contributed by atoms with Crippen molar-refractivity contribution >= 4 is 23.5 Å². The average Bonchev–Trinajstić information content (AvgIpc) is 3.17. The van der Waals surface area contributed by atoms with Crippen LogP contribution in [0.25, 0.3) is 17.1 Å². The summed E-state index contributed by atoms with van der Waals surface area (Å²) in [6, 6.07) is 25.7. The minimum atomic E-state index is 0.854. The molecule has 0 unspecified atom stereocenters. The summed E-state index contributed by atoms with van der Waals surface area (Å²) in [6.07, 6.45) is 2.10. The van der Waals surface area contributed by atoms with E-state index >= 15 is 0 Å². The molecule has 146 valence electrons. The third-order valence-electron chi connectivity index (χ3n) is 4.76. The zero-order chi connectivity index (χ0) is 20.2. The minimum Gasteiger partial charge on any atom is -0.270 e. The maximum absolute atomic E-state index is 4.54. The van der Waals surface area contributed by atoms with Gasteiger partial charge in [0.1, 0.15) is 0 Å². The number of aromatic nitrogens is 3. The molecular weight excluding hydrogens is 394 g/mol. The second kappa shape index (κ2) is 8.89. The first-order valence-corrected chi connectivity index (χ1v) is 11.7. The van der Waals surface area contributed by atoms with Crippen molar-refractivity contribution in [3.8, 4) is 17.1 Å². The average molecular weight is 418 g/mol. The third kappa shape index (κ3) is 4.57. The van der Waals surface area contributed by atoms with Crippen molar-refractivity contribution in [1.82, 2.24) is 14.8 Å². The normalized spacial score (nSPS) is 11.0. The van der Waals surface area contributed by atoms with Gasteiger partial charge in [-0.15, -0.1) is 22.0 Å². The molecule has 29 heavy (non-hydrogen) atoms. The summed E-state index contributed by atoms with van der Waals surface area (Å²) in [5, 5.41) is 9.98. The van der Waals surface area contributed by atoms with Gasteiger partial charge in [-0.2, -0.15) is 0 Å². The number of hydrogen-bond donors (Lipinski definition) is 0. The first kappa shape index (κ1) is 19.8. The first-order chi connectivity index (χ1) is 14.1. The molecular formula is C24H23N3S2. The summed E-state index contributed by atoms with van der Waals surface area (Å²) in [6.45, 7) is 4.20. The van der Waals surface area contributed by atoms with Crippen LogP contribution >= 0.6 is 23.5 Å². The van der Waals surface area contributed by atoms with Gasteiger partial charge in [0, 0.05) is 21.9 Å². The van der Waals surface area contributed by atoms with Crippen molar-refractivity contribution in [1.29, 1.82) is 0 Å². The van der Waals surface area contributed by atoms with Gasteiger partial charge in [-0.25, -0.2) is 0 Å². The third-order valence-corrected chi connectivity index (χ3v) is 6.51. The second-order valence-corrected chi connectivity index (χ2v) is 8.80. The number of rotatable bonds is 6. The molecule has 0 fully saturated rings. The maximum Gasteiger partial charge on any atom is 0.196 e. The summed E-state index contributed by atoms with van der Waals surface area (Å²) in [5.41, 5.74) is 5.90. The van der Waals surface area contributed by atoms with E-state index in [1.807, 2.05) is 0 Å². The van der Waals surface area contributed by atoms with E-state index in [1.54, 1.807) is 23.5 Å². The molecule has 0 aliphatic carbocycles. The maximum atomic E-state index is 4.54. The van der Waals surface area contributed by atoms with Crippen LogP contribution in [0.1, 0.15) is 16.7 Å². The predicted molar refractivity (Wildman–Crippen MR) is 124 cm³/mol. The molecule has 0 bridgehead atoms. The van der Waals surface area contributed by atoms with Gasteiger partial charge in [0.15, 0.2) is 11.0 Å². The summed E-state index contributed by atoms with van der Waals surface area (Å²) in [5.74, 6) is 1.72. The van der Waals surface area contributed by atoms with Crippen LogP contribution in [0.15, 0.2) is 82.8 Å². The molecule has 0 N–H and O–H groups in total. The van der Waals surface area contributed by atoms with Crippen LogP contribution in [-0.2, 0) is 5.75 Å². The highest BCUT2D eigenvalue weighted by atomic mass is 32.2. The molecule has 1 heterocycles. The van der Waals surface area contributed by atoms with Gasteiger partial charge in [0.25, 0.3) is 0 Å². The Hall–Kier alpha value is -2.50. The van der Waals surface area contributed by atoms with Crippen molar-refractivity contribution in [3.05, 3.63) is 89.5 Å². The molecule has 0 aliphatic heterocycles. The van der Waals surface area contributed by atoms with Crippen LogP contribution in [0, 0.1) is 13.8 Å². The fraction of sp³-hybridized carbons (Fsp3) is 0.167. The van der Waals surface area contributed by atoms with E-state index in [4.69, 9.17) is 0 Å². The zero-order valence-electron chi connectivity index (χ0n) is 16.8. The summed E-state index contributed by atoms with van der Waals surface area (Å²) in [7, 11) is 0. The Balaban J connectivity index is 1.69. The lowest BCUT2D eigenvalue weighted by Crippen LogP contribution is -2.00. The molecule has 4 rings (SSSR count). The van der Waals surface area contributed by atoms with Crippen molar-refractivity contribution in [2.45, 2.75) is 29.7 Å². The minimum absolute atomic E-state index is 0.854. The number of thioether (sulfide) groups is 2. The molecule has 0 saturated carbocycles. The number of benzene rings is 3. The lowest BCUT2D eigenvalue weighted by molar-refractivity contribution is 0.885. The van der Waals surface area contributed by atoms with Crippen LogP contribution in [0.2, 0.25) is 0 Å². The van der Waals surface area contributed by atoms with E-state index in [2.05, 4.69) is 108 Å². The molecule has 0 saturated heterocycles. The Morgan fingerprint density at radius 1 is 0.759 bits per heavy atom. The van der Waals surface area contributed by atoms with E-state index in [0.29, 0.717) is 0 Å². The molecule has 0 amide bonds. The highest BCUT2D eigenvalue weighted by Crippen LogP contribution is 2.30. The fourth-order valence-corrected chi connectivity index (χ4v) is 4.37. The van der Waals surface area contributed by atoms with Crippen molar-refractivity contribution in [2.24, 2.45) is 0 Å². The summed E-state index contributed by atoms with van der Waals surface area (Å²) >= 11 is 3.48. The molecule has 3 aromatic carbocycles. The number of aryl methyl sites for hydroxylation is 2. The molecule has 4 aromatic rings. The van der Waals surface area contributed by atoms with E-state index in [9.17, 15) is 0 Å². The lowest BCUT2D eigenvalue weighted by Gasteiger charge is -2.11. The van der Waals surface area contributed by atoms with E-state index in [-0.39, 0.29) is 0 Å². The molecule has 5 heteroatoms. The van der Waals surface area contributed by atoms with Crippen LogP contribution in [0.5, 0.6) is 0 Å². The van der Waals surface area contributed by atoms with Crippen LogP contribution in [0.4, 0.5) is 0 Å². The molecule has 0 aliphatic rings. The van der Waals surface area contributed by atoms with Crippen LogP contribution in [-0.4, -0.2) is 21.0 Å². The molecule has 3 nitrogen and oxygen atoms in total. The first-order valence-electron chi connectivity index (χ1n) is 9.49. The summed E-state index contributed by atoms with van der Waals surface area (Å²) in [4.78, 5) is 1.28. The topological polar surface area (TPSA) is 30.7 Å². The van der Waals surface area contributed by atoms with Gasteiger partial charge in [-0.3, -0.25) is 4.57 Å². The highest BCUT2D eigenvalue weighted by Gasteiger charge is 2.16. The molecule has 1 aromatic heterocycles. The predicted octanol–water partition coefficient (Wildman–Crippen LogP) is 6.57. The Labute approximate surface area is 180 Å². The largest absolute Gasteiger partial charge is 0.270 e. The highest BCUT2D eigenvalue weighted by molar-refractivity contribution is 7.98. The van der Waals surface area contributed by atoms with Gasteiger partial charge in [0.2, 0.25) is 0 Å². The molecule has 0 radical (unpaired) electrons. The standard InChI is InChI=1S/C24H23N3S2/c1-17-4-10-20(11-5-17)23-25-26-24(27(23)21-12-6-18(2)7-13-21)29-16-19-8-14-22(28-3)15-9-19/h4-15H,16H2,1-3H3. The van der Waals surface area contributed by atoms with Gasteiger partial charge in [-0.1, -0.05) is 71.4 Å². The Bertz CT molecular complexity index is 1080. The van der Waals surface area contributed by atoms with Crippen LogP contribution < -0.4 is 0 Å². The quantitative estimate of drug-likeness (QED) is 0.332. The monoisotopic (exact) mass is 417 g/mol. The Morgan fingerprint density at radius 2 is 1.38 bits per heavy atom. The van der Waals surface area contributed by atoms with Gasteiger partial charge in [0.05, 0.1) is 0 Å². The number of hydrogen-bond acceptors (Lipinski definition) is 4. The smallest absolute Gasteiger partial charge is 0.196 e. The van der Waals surface area contributed by atoms with Gasteiger partial charge in [-0.05, 0) is 49.9 Å². The molecule has 0 spiro atoms. The van der Waals surface area contributed by atoms with Gasteiger partial charge < -0.3 is 0 Å². The summed E-state index contributed by atoms with van der Waals surface area (Å²) < 4.78 is 2.16. The van der Waals surface area contributed by atoms with Crippen molar-refractivity contribution in [3.63, 3.8) is 0 Å². The Morgan fingerprint density at radius 3 is 2.00 bits per heavy atom. The van der Waals surface area contributed by atoms with Crippen molar-refractivity contribution in [2.75, 3.05) is 6.26 Å². The Kier molecular flexibility index (Phi) is 6.07. The van der Waals surface area contributed by atoms with E-state index in [1.165, 1.54) is 21.6 Å². The molecule has 0 atom stereocenters. The van der Waals surface area contributed by atoms with E-state index in [0.717, 1.165) is 28.0 Å². The number of nitrogens with zero attached hydrogens (tertiary/aromatic N) is 3.